The molecule has 0 aliphatic carbocycles. The lowest BCUT2D eigenvalue weighted by atomic mass is 10.1. The predicted molar refractivity (Wildman–Crippen MR) is 87.0 cm³/mol. The molecule has 1 aromatic rings. The van der Waals surface area contributed by atoms with Gasteiger partial charge in [-0.05, 0) is 33.6 Å². The molecule has 1 atom stereocenters. The lowest BCUT2D eigenvalue weighted by molar-refractivity contribution is 0.381. The Hall–Kier alpha value is -1.36. The van der Waals surface area contributed by atoms with Crippen molar-refractivity contribution in [1.29, 1.82) is 0 Å². The summed E-state index contributed by atoms with van der Waals surface area (Å²) in [4.78, 5) is 19.3. The second-order valence-corrected chi connectivity index (χ2v) is 7.15. The van der Waals surface area contributed by atoms with Crippen LogP contribution in [-0.2, 0) is 5.54 Å². The van der Waals surface area contributed by atoms with Gasteiger partial charge in [-0.15, -0.1) is 0 Å². The quantitative estimate of drug-likeness (QED) is 0.922. The zero-order valence-corrected chi connectivity index (χ0v) is 13.9. The van der Waals surface area contributed by atoms with Crippen molar-refractivity contribution in [1.82, 2.24) is 14.9 Å². The van der Waals surface area contributed by atoms with Gasteiger partial charge >= 0.3 is 0 Å². The monoisotopic (exact) mass is 292 g/mol. The molecule has 1 unspecified atom stereocenters. The minimum atomic E-state index is -0.222. The maximum atomic E-state index is 12.7. The van der Waals surface area contributed by atoms with E-state index in [4.69, 9.17) is 0 Å². The van der Waals surface area contributed by atoms with Crippen molar-refractivity contribution in [2.45, 2.75) is 65.1 Å². The summed E-state index contributed by atoms with van der Waals surface area (Å²) in [5, 5.41) is 3.47. The van der Waals surface area contributed by atoms with Crippen LogP contribution in [0.4, 0.5) is 5.82 Å². The standard InChI is InChI=1S/C16H28N4O/c1-12(2)18-11-13-7-6-9-19(13)14-15(21)20(10-8-17-14)16(3,4)5/h8,10,12-13,18H,6-7,9,11H2,1-5H3. The Morgan fingerprint density at radius 3 is 2.76 bits per heavy atom. The fourth-order valence-electron chi connectivity index (χ4n) is 2.83. The van der Waals surface area contributed by atoms with Gasteiger partial charge in [-0.1, -0.05) is 13.8 Å². The summed E-state index contributed by atoms with van der Waals surface area (Å²) in [5.41, 5.74) is -0.207. The van der Waals surface area contributed by atoms with Crippen molar-refractivity contribution in [3.63, 3.8) is 0 Å². The first-order chi connectivity index (χ1) is 9.80. The molecule has 1 N–H and O–H groups in total. The van der Waals surface area contributed by atoms with Crippen LogP contribution in [0.2, 0.25) is 0 Å². The number of nitrogens with zero attached hydrogens (tertiary/aromatic N) is 3. The smallest absolute Gasteiger partial charge is 0.293 e. The van der Waals surface area contributed by atoms with Crippen molar-refractivity contribution < 1.29 is 0 Å². The summed E-state index contributed by atoms with van der Waals surface area (Å²) in [6.07, 6.45) is 5.76. The van der Waals surface area contributed by atoms with Gasteiger partial charge in [-0.25, -0.2) is 4.98 Å². The SMILES string of the molecule is CC(C)NCC1CCCN1c1nccn(C(C)(C)C)c1=O. The summed E-state index contributed by atoms with van der Waals surface area (Å²) < 4.78 is 1.78. The van der Waals surface area contributed by atoms with Gasteiger partial charge in [0.15, 0.2) is 5.82 Å². The molecule has 0 bridgehead atoms. The molecular weight excluding hydrogens is 264 g/mol. The van der Waals surface area contributed by atoms with Crippen LogP contribution in [0.3, 0.4) is 0 Å². The summed E-state index contributed by atoms with van der Waals surface area (Å²) in [6, 6.07) is 0.825. The highest BCUT2D eigenvalue weighted by atomic mass is 16.1. The highest BCUT2D eigenvalue weighted by Gasteiger charge is 2.29. The van der Waals surface area contributed by atoms with E-state index in [2.05, 4.69) is 29.0 Å². The van der Waals surface area contributed by atoms with Crippen LogP contribution in [0.25, 0.3) is 0 Å². The van der Waals surface area contributed by atoms with E-state index < -0.39 is 0 Å². The van der Waals surface area contributed by atoms with Crippen LogP contribution < -0.4 is 15.8 Å². The van der Waals surface area contributed by atoms with Crippen LogP contribution in [0.1, 0.15) is 47.5 Å². The zero-order valence-electron chi connectivity index (χ0n) is 13.9. The van der Waals surface area contributed by atoms with Gasteiger partial charge in [0.25, 0.3) is 5.56 Å². The third-order valence-electron chi connectivity index (χ3n) is 3.96. The van der Waals surface area contributed by atoms with Crippen LogP contribution in [0.15, 0.2) is 17.2 Å². The van der Waals surface area contributed by atoms with E-state index in [1.54, 1.807) is 17.0 Å². The number of nitrogens with one attached hydrogen (secondary N) is 1. The zero-order chi connectivity index (χ0) is 15.6. The average molecular weight is 292 g/mol. The average Bonchev–Trinajstić information content (AvgIpc) is 2.83. The second kappa shape index (κ2) is 6.18. The van der Waals surface area contributed by atoms with E-state index in [0.717, 1.165) is 25.9 Å². The number of rotatable bonds is 4. The molecule has 118 valence electrons. The molecule has 1 aromatic heterocycles. The summed E-state index contributed by atoms with van der Waals surface area (Å²) >= 11 is 0. The van der Waals surface area contributed by atoms with Gasteiger partial charge in [0, 0.05) is 43.1 Å². The molecule has 2 rings (SSSR count). The van der Waals surface area contributed by atoms with Crippen molar-refractivity contribution in [2.24, 2.45) is 0 Å². The van der Waals surface area contributed by atoms with Gasteiger partial charge in [0.1, 0.15) is 0 Å². The Morgan fingerprint density at radius 1 is 1.43 bits per heavy atom. The molecule has 0 aromatic carbocycles. The predicted octanol–water partition coefficient (Wildman–Crippen LogP) is 1.97. The van der Waals surface area contributed by atoms with E-state index in [1.165, 1.54) is 0 Å². The Kier molecular flexibility index (Phi) is 4.71. The van der Waals surface area contributed by atoms with Crippen LogP contribution in [-0.4, -0.2) is 34.7 Å². The molecule has 1 aliphatic heterocycles. The maximum Gasteiger partial charge on any atom is 0.293 e. The Bertz CT molecular complexity index is 530. The van der Waals surface area contributed by atoms with Gasteiger partial charge in [-0.2, -0.15) is 0 Å². The van der Waals surface area contributed by atoms with Crippen molar-refractivity contribution in [2.75, 3.05) is 18.0 Å². The minimum absolute atomic E-state index is 0.0152. The van der Waals surface area contributed by atoms with Crippen LogP contribution >= 0.6 is 0 Å². The molecular formula is C16H28N4O. The van der Waals surface area contributed by atoms with Crippen LogP contribution in [0, 0.1) is 0 Å². The molecule has 1 saturated heterocycles. The normalized spacial score (nSPS) is 19.5. The van der Waals surface area contributed by atoms with Gasteiger partial charge in [0.2, 0.25) is 0 Å². The highest BCUT2D eigenvalue weighted by Crippen LogP contribution is 2.21. The first kappa shape index (κ1) is 16.0. The Balaban J connectivity index is 2.27. The third kappa shape index (κ3) is 3.64. The Morgan fingerprint density at radius 2 is 2.14 bits per heavy atom. The molecule has 1 fully saturated rings. The first-order valence-corrected chi connectivity index (χ1v) is 7.89. The van der Waals surface area contributed by atoms with Crippen molar-refractivity contribution in [3.05, 3.63) is 22.7 Å². The summed E-state index contributed by atoms with van der Waals surface area (Å²) in [5.74, 6) is 0.598. The molecule has 5 nitrogen and oxygen atoms in total. The Labute approximate surface area is 127 Å². The van der Waals surface area contributed by atoms with Gasteiger partial charge < -0.3 is 14.8 Å². The fraction of sp³-hybridized carbons (Fsp3) is 0.750. The molecule has 5 heteroatoms. The van der Waals surface area contributed by atoms with Gasteiger partial charge in [-0.3, -0.25) is 4.79 Å². The molecule has 0 spiro atoms. The minimum Gasteiger partial charge on any atom is -0.348 e. The van der Waals surface area contributed by atoms with E-state index in [-0.39, 0.29) is 11.1 Å². The van der Waals surface area contributed by atoms with Crippen LogP contribution in [0.5, 0.6) is 0 Å². The maximum absolute atomic E-state index is 12.7. The highest BCUT2D eigenvalue weighted by molar-refractivity contribution is 5.39. The number of hydrogen-bond acceptors (Lipinski definition) is 4. The lowest BCUT2D eigenvalue weighted by Crippen LogP contribution is -2.44. The topological polar surface area (TPSA) is 50.2 Å². The molecule has 0 amide bonds. The third-order valence-corrected chi connectivity index (χ3v) is 3.96. The molecule has 0 radical (unpaired) electrons. The summed E-state index contributed by atoms with van der Waals surface area (Å²) in [7, 11) is 0. The second-order valence-electron chi connectivity index (χ2n) is 7.15. The number of anilines is 1. The first-order valence-electron chi connectivity index (χ1n) is 7.89. The number of aromatic nitrogens is 2. The fourth-order valence-corrected chi connectivity index (χ4v) is 2.83. The van der Waals surface area contributed by atoms with E-state index in [9.17, 15) is 4.79 Å². The van der Waals surface area contributed by atoms with Crippen molar-refractivity contribution >= 4 is 5.82 Å². The van der Waals surface area contributed by atoms with E-state index in [1.807, 2.05) is 20.8 Å². The molecule has 2 heterocycles. The summed E-state index contributed by atoms with van der Waals surface area (Å²) in [6.45, 7) is 12.2. The molecule has 0 saturated carbocycles. The largest absolute Gasteiger partial charge is 0.348 e. The molecule has 21 heavy (non-hydrogen) atoms. The van der Waals surface area contributed by atoms with Crippen molar-refractivity contribution in [3.8, 4) is 0 Å². The van der Waals surface area contributed by atoms with E-state index >= 15 is 0 Å². The molecule has 1 aliphatic rings. The number of hydrogen-bond donors (Lipinski definition) is 1. The van der Waals surface area contributed by atoms with Gasteiger partial charge in [0.05, 0.1) is 0 Å². The lowest BCUT2D eigenvalue weighted by Gasteiger charge is -2.28. The van der Waals surface area contributed by atoms with E-state index in [0.29, 0.717) is 17.9 Å².